The van der Waals surface area contributed by atoms with E-state index in [4.69, 9.17) is 0 Å². The molecule has 0 unspecified atom stereocenters. The number of aliphatic hydroxyl groups is 4. The maximum atomic E-state index is 10.5. The van der Waals surface area contributed by atoms with Crippen molar-refractivity contribution < 1.29 is 25.5 Å². The Hall–Kier alpha value is -1.92. The average Bonchev–Trinajstić information content (AvgIpc) is 3.41. The van der Waals surface area contributed by atoms with E-state index < -0.39 is 30.1 Å². The largest absolute Gasteiger partial charge is 0.508 e. The molecule has 172 valence electrons. The standard InChI is InChI=1S/C27H34O5/c28-14-22-13-23(26(31)27(32)25(22)30)18-5-6-24(29)21(11-18)8-16-3-1-15(2-4-16)7-17-9-19-12-20(19)10-17/h1-6,11,17,19-20,22-23,25-32H,7-10,12-14H2/t17-,19+,20-,22-,23+,25-,26+,27+/m1/s1. The molecular weight excluding hydrogens is 404 g/mol. The van der Waals surface area contributed by atoms with E-state index >= 15 is 0 Å². The molecule has 3 aliphatic carbocycles. The fraction of sp³-hybridized carbons (Fsp3) is 0.556. The molecule has 3 fully saturated rings. The van der Waals surface area contributed by atoms with Crippen LogP contribution in [0.3, 0.4) is 0 Å². The first-order valence-electron chi connectivity index (χ1n) is 12.0. The fourth-order valence-electron chi connectivity index (χ4n) is 6.17. The Bertz CT molecular complexity index is 930. The molecule has 0 heterocycles. The molecule has 0 aliphatic heterocycles. The smallest absolute Gasteiger partial charge is 0.119 e. The first-order chi connectivity index (χ1) is 15.4. The van der Waals surface area contributed by atoms with Gasteiger partial charge < -0.3 is 25.5 Å². The number of rotatable bonds is 6. The van der Waals surface area contributed by atoms with Gasteiger partial charge in [0.1, 0.15) is 11.9 Å². The van der Waals surface area contributed by atoms with Crippen molar-refractivity contribution >= 4 is 0 Å². The van der Waals surface area contributed by atoms with E-state index in [1.165, 1.54) is 24.8 Å². The van der Waals surface area contributed by atoms with Crippen molar-refractivity contribution in [3.8, 4) is 5.75 Å². The van der Waals surface area contributed by atoms with Gasteiger partial charge in [0.2, 0.25) is 0 Å². The van der Waals surface area contributed by atoms with Gasteiger partial charge in [-0.2, -0.15) is 0 Å². The highest BCUT2D eigenvalue weighted by Crippen LogP contribution is 2.55. The summed E-state index contributed by atoms with van der Waals surface area (Å²) in [6.07, 6.45) is 2.78. The molecule has 0 radical (unpaired) electrons. The molecule has 5 heteroatoms. The summed E-state index contributed by atoms with van der Waals surface area (Å²) in [6.45, 7) is -0.249. The van der Waals surface area contributed by atoms with E-state index in [1.807, 2.05) is 6.07 Å². The Kier molecular flexibility index (Phi) is 6.01. The molecule has 32 heavy (non-hydrogen) atoms. The second kappa shape index (κ2) is 8.79. The summed E-state index contributed by atoms with van der Waals surface area (Å²) in [7, 11) is 0. The summed E-state index contributed by atoms with van der Waals surface area (Å²) in [5.74, 6) is 2.15. The molecule has 0 amide bonds. The van der Waals surface area contributed by atoms with Crippen molar-refractivity contribution in [3.05, 3.63) is 64.7 Å². The summed E-state index contributed by atoms with van der Waals surface area (Å²) < 4.78 is 0. The molecule has 3 saturated carbocycles. The summed E-state index contributed by atoms with van der Waals surface area (Å²) in [5, 5.41) is 50.8. The Labute approximate surface area is 189 Å². The van der Waals surface area contributed by atoms with Crippen LogP contribution in [0.2, 0.25) is 0 Å². The highest BCUT2D eigenvalue weighted by molar-refractivity contribution is 5.42. The van der Waals surface area contributed by atoms with Gasteiger partial charge in [-0.15, -0.1) is 0 Å². The number of aliphatic hydroxyl groups excluding tert-OH is 4. The lowest BCUT2D eigenvalue weighted by Crippen LogP contribution is -2.51. The number of phenolic OH excluding ortho intramolecular Hbond substituents is 1. The second-order valence-corrected chi connectivity index (χ2v) is 10.4. The van der Waals surface area contributed by atoms with E-state index in [0.717, 1.165) is 40.9 Å². The average molecular weight is 439 g/mol. The predicted molar refractivity (Wildman–Crippen MR) is 121 cm³/mol. The molecule has 5 nitrogen and oxygen atoms in total. The first-order valence-corrected chi connectivity index (χ1v) is 12.0. The minimum absolute atomic E-state index is 0.201. The van der Waals surface area contributed by atoms with E-state index in [1.54, 1.807) is 12.1 Å². The first kappa shape index (κ1) is 21.9. The van der Waals surface area contributed by atoms with E-state index in [0.29, 0.717) is 12.8 Å². The Morgan fingerprint density at radius 2 is 1.44 bits per heavy atom. The SMILES string of the molecule is OC[C@H]1C[C@@H](c2ccc(O)c(Cc3ccc(C[C@H]4C[C@@H]5C[C@@H]5C4)cc3)c2)[C@H](O)[C@@H](O)[C@@H]1O. The quantitative estimate of drug-likeness (QED) is 0.477. The molecular formula is C27H34O5. The topological polar surface area (TPSA) is 101 Å². The van der Waals surface area contributed by atoms with Crippen LogP contribution in [0.4, 0.5) is 0 Å². The van der Waals surface area contributed by atoms with Crippen LogP contribution in [0.25, 0.3) is 0 Å². The highest BCUT2D eigenvalue weighted by atomic mass is 16.4. The van der Waals surface area contributed by atoms with Crippen molar-refractivity contribution in [3.63, 3.8) is 0 Å². The van der Waals surface area contributed by atoms with Gasteiger partial charge in [0.05, 0.1) is 12.2 Å². The molecule has 0 aromatic heterocycles. The minimum Gasteiger partial charge on any atom is -0.508 e. The van der Waals surface area contributed by atoms with E-state index in [9.17, 15) is 25.5 Å². The normalized spacial score (nSPS) is 36.1. The van der Waals surface area contributed by atoms with Crippen molar-refractivity contribution in [2.45, 2.75) is 62.8 Å². The molecule has 3 aliphatic rings. The van der Waals surface area contributed by atoms with Crippen LogP contribution in [-0.4, -0.2) is 50.5 Å². The van der Waals surface area contributed by atoms with Gasteiger partial charge in [-0.3, -0.25) is 0 Å². The fourth-order valence-corrected chi connectivity index (χ4v) is 6.17. The number of fused-ring (bicyclic) bond motifs is 1. The lowest BCUT2D eigenvalue weighted by atomic mass is 9.73. The summed E-state index contributed by atoms with van der Waals surface area (Å²) in [4.78, 5) is 0. The van der Waals surface area contributed by atoms with Crippen LogP contribution in [0.5, 0.6) is 5.75 Å². The Morgan fingerprint density at radius 3 is 2.12 bits per heavy atom. The van der Waals surface area contributed by atoms with Gasteiger partial charge in [-0.1, -0.05) is 36.4 Å². The summed E-state index contributed by atoms with van der Waals surface area (Å²) in [6, 6.07) is 13.9. The monoisotopic (exact) mass is 438 g/mol. The van der Waals surface area contributed by atoms with Crippen LogP contribution in [0, 0.1) is 23.7 Å². The van der Waals surface area contributed by atoms with Gasteiger partial charge in [-0.25, -0.2) is 0 Å². The van der Waals surface area contributed by atoms with Crippen molar-refractivity contribution in [1.82, 2.24) is 0 Å². The molecule has 8 atom stereocenters. The van der Waals surface area contributed by atoms with Crippen LogP contribution in [0.15, 0.2) is 42.5 Å². The Balaban J connectivity index is 1.28. The number of hydrogen-bond acceptors (Lipinski definition) is 5. The minimum atomic E-state index is -1.30. The van der Waals surface area contributed by atoms with Gasteiger partial charge >= 0.3 is 0 Å². The summed E-state index contributed by atoms with van der Waals surface area (Å²) in [5.41, 5.74) is 4.06. The highest BCUT2D eigenvalue weighted by Gasteiger charge is 2.45. The molecule has 2 aromatic rings. The second-order valence-electron chi connectivity index (χ2n) is 10.4. The van der Waals surface area contributed by atoms with Crippen molar-refractivity contribution in [2.24, 2.45) is 23.7 Å². The zero-order valence-electron chi connectivity index (χ0n) is 18.3. The van der Waals surface area contributed by atoms with Crippen LogP contribution in [-0.2, 0) is 12.8 Å². The Morgan fingerprint density at radius 1 is 0.750 bits per heavy atom. The van der Waals surface area contributed by atoms with E-state index in [2.05, 4.69) is 24.3 Å². The number of phenols is 1. The molecule has 0 bridgehead atoms. The lowest BCUT2D eigenvalue weighted by Gasteiger charge is -2.40. The number of aromatic hydroxyl groups is 1. The summed E-state index contributed by atoms with van der Waals surface area (Å²) >= 11 is 0. The number of hydrogen-bond donors (Lipinski definition) is 5. The molecule has 2 aromatic carbocycles. The van der Waals surface area contributed by atoms with Crippen LogP contribution in [0.1, 0.15) is 53.9 Å². The van der Waals surface area contributed by atoms with Crippen LogP contribution < -0.4 is 0 Å². The van der Waals surface area contributed by atoms with Crippen LogP contribution >= 0.6 is 0 Å². The third-order valence-electron chi connectivity index (χ3n) is 8.20. The van der Waals surface area contributed by atoms with Crippen molar-refractivity contribution in [1.29, 1.82) is 0 Å². The predicted octanol–water partition coefficient (Wildman–Crippen LogP) is 2.75. The van der Waals surface area contributed by atoms with E-state index in [-0.39, 0.29) is 12.4 Å². The zero-order valence-corrected chi connectivity index (χ0v) is 18.3. The molecule has 0 saturated heterocycles. The van der Waals surface area contributed by atoms with Gasteiger partial charge in [0, 0.05) is 24.9 Å². The van der Waals surface area contributed by atoms with Gasteiger partial charge in [0.25, 0.3) is 0 Å². The van der Waals surface area contributed by atoms with Gasteiger partial charge in [0.15, 0.2) is 0 Å². The van der Waals surface area contributed by atoms with Crippen molar-refractivity contribution in [2.75, 3.05) is 6.61 Å². The maximum Gasteiger partial charge on any atom is 0.119 e. The molecule has 5 rings (SSSR count). The zero-order chi connectivity index (χ0) is 22.4. The molecule has 0 spiro atoms. The van der Waals surface area contributed by atoms with Gasteiger partial charge in [-0.05, 0) is 78.2 Å². The number of benzene rings is 2. The molecule has 5 N–H and O–H groups in total. The third kappa shape index (κ3) is 4.32. The third-order valence-corrected chi connectivity index (χ3v) is 8.20. The lowest BCUT2D eigenvalue weighted by molar-refractivity contribution is -0.127. The maximum absolute atomic E-state index is 10.5.